The lowest BCUT2D eigenvalue weighted by Gasteiger charge is -2.42. The van der Waals surface area contributed by atoms with Crippen molar-refractivity contribution in [1.82, 2.24) is 15.1 Å². The lowest BCUT2D eigenvalue weighted by atomic mass is 9.89. The average Bonchev–Trinajstić information content (AvgIpc) is 2.43. The Labute approximate surface area is 484 Å². The second-order valence-electron chi connectivity index (χ2n) is 24.2. The first-order valence-corrected chi connectivity index (χ1v) is 33.3. The molecule has 0 aromatic heterocycles. The molecule has 1 saturated heterocycles. The lowest BCUT2D eigenvalue weighted by Crippen LogP contribution is -2.51. The Bertz CT molecular complexity index is 3410. The van der Waals surface area contributed by atoms with E-state index < -0.39 is 79.6 Å². The number of halogens is 7. The zero-order chi connectivity index (χ0) is 59.6. The molecule has 0 bridgehead atoms. The average molecular weight is 1180 g/mol. The van der Waals surface area contributed by atoms with Crippen molar-refractivity contribution in [2.24, 2.45) is 0 Å². The van der Waals surface area contributed by atoms with Crippen LogP contribution in [0.25, 0.3) is 16.7 Å². The van der Waals surface area contributed by atoms with Crippen molar-refractivity contribution >= 4 is 56.4 Å². The van der Waals surface area contributed by atoms with Crippen molar-refractivity contribution in [3.05, 3.63) is 232 Å². The van der Waals surface area contributed by atoms with Crippen molar-refractivity contribution in [3.63, 3.8) is 0 Å². The van der Waals surface area contributed by atoms with Crippen LogP contribution >= 0.6 is 11.6 Å². The van der Waals surface area contributed by atoms with Crippen LogP contribution in [0, 0.1) is 34.9 Å². The van der Waals surface area contributed by atoms with Gasteiger partial charge in [-0.1, -0.05) is 139 Å². The zero-order valence-electron chi connectivity index (χ0n) is 47.9. The Hall–Kier alpha value is -6.54. The van der Waals surface area contributed by atoms with Gasteiger partial charge >= 0.3 is 11.5 Å². The van der Waals surface area contributed by atoms with Crippen molar-refractivity contribution in [2.75, 3.05) is 39.5 Å². The summed E-state index contributed by atoms with van der Waals surface area (Å²) < 4.78 is 102. The van der Waals surface area contributed by atoms with Gasteiger partial charge in [-0.2, -0.15) is 0 Å². The summed E-state index contributed by atoms with van der Waals surface area (Å²) in [5.41, 5.74) is 2.83. The standard InChI is InChI=1S/C24H28ClF2NO2Si.C23H29F2NOSi.C18H13F2NO2/c1-23(2,3)31(4,5)30-16-24(18-9-7-6-8-10-18)14-17(15-28(24)22(25)29)20-13-19(26)11-12-21(20)27;1-22(2,3)28(4,5)27-16-23(18-9-7-6-8-10-18)14-17(15-26-23)20-13-19(24)11-12-21(20)25;19-14-6-7-16(20)15(8-14)12-9-18(13-4-2-1-3-5-13)11-23-17(22)21(18)10-12/h6-14H,15-16H2,1-5H3;6-14,26H,15-16H2,1-5H3;1-9H,10-11H2/t24-;23-;/m11./s1. The summed E-state index contributed by atoms with van der Waals surface area (Å²) in [7, 11) is -4.16. The van der Waals surface area contributed by atoms with Gasteiger partial charge in [-0.25, -0.2) is 31.1 Å². The molecule has 82 heavy (non-hydrogen) atoms. The minimum Gasteiger partial charge on any atom is -0.446 e. The summed E-state index contributed by atoms with van der Waals surface area (Å²) in [5.74, 6) is -2.96. The summed E-state index contributed by atoms with van der Waals surface area (Å²) in [6.07, 6.45) is 5.17. The Kier molecular flexibility index (Phi) is 18.0. The molecule has 10 rings (SSSR count). The van der Waals surface area contributed by atoms with Gasteiger partial charge in [0.15, 0.2) is 16.6 Å². The number of ether oxygens (including phenoxy) is 1. The fraction of sp³-hybridized carbons (Fsp3) is 0.323. The molecule has 0 saturated carbocycles. The minimum absolute atomic E-state index is 0.0412. The fourth-order valence-corrected chi connectivity index (χ4v) is 12.2. The van der Waals surface area contributed by atoms with E-state index in [1.165, 1.54) is 17.0 Å². The van der Waals surface area contributed by atoms with Crippen LogP contribution in [0.3, 0.4) is 0 Å². The second kappa shape index (κ2) is 24.0. The van der Waals surface area contributed by atoms with E-state index in [0.29, 0.717) is 29.9 Å². The van der Waals surface area contributed by atoms with Crippen molar-refractivity contribution in [2.45, 2.75) is 94.4 Å². The number of hydrogen-bond acceptors (Lipinski definition) is 6. The topological polar surface area (TPSA) is 80.3 Å². The Morgan fingerprint density at radius 3 is 1.46 bits per heavy atom. The first-order chi connectivity index (χ1) is 38.5. The van der Waals surface area contributed by atoms with Crippen molar-refractivity contribution in [3.8, 4) is 0 Å². The van der Waals surface area contributed by atoms with Gasteiger partial charge in [0.2, 0.25) is 0 Å². The van der Waals surface area contributed by atoms with Crippen LogP contribution in [-0.2, 0) is 30.2 Å². The normalized spacial score (nSPS) is 20.7. The molecular weight excluding hydrogens is 1110 g/mol. The van der Waals surface area contributed by atoms with E-state index in [4.69, 9.17) is 25.2 Å². The van der Waals surface area contributed by atoms with E-state index in [1.807, 2.05) is 103 Å². The number of rotatable bonds is 12. The van der Waals surface area contributed by atoms with Gasteiger partial charge in [-0.3, -0.25) is 15.0 Å². The van der Waals surface area contributed by atoms with Gasteiger partial charge in [0.1, 0.15) is 52.6 Å². The number of nitrogens with one attached hydrogen (secondary N) is 1. The highest BCUT2D eigenvalue weighted by molar-refractivity contribution is 6.74. The molecule has 4 aliphatic heterocycles. The van der Waals surface area contributed by atoms with E-state index in [1.54, 1.807) is 11.0 Å². The molecule has 0 radical (unpaired) electrons. The maximum Gasteiger partial charge on any atom is 0.411 e. The summed E-state index contributed by atoms with van der Waals surface area (Å²) in [6.45, 7) is 23.2. The molecule has 3 atom stereocenters. The summed E-state index contributed by atoms with van der Waals surface area (Å²) in [5, 5.41) is 2.89. The first-order valence-electron chi connectivity index (χ1n) is 27.1. The van der Waals surface area contributed by atoms with Gasteiger partial charge in [-0.05, 0) is 148 Å². The van der Waals surface area contributed by atoms with E-state index in [2.05, 4.69) is 73.0 Å². The van der Waals surface area contributed by atoms with Crippen LogP contribution in [0.2, 0.25) is 36.3 Å². The Morgan fingerprint density at radius 2 is 1.00 bits per heavy atom. The molecule has 1 N–H and O–H groups in total. The third kappa shape index (κ3) is 12.8. The highest BCUT2D eigenvalue weighted by Crippen LogP contribution is 2.47. The van der Waals surface area contributed by atoms with Crippen molar-refractivity contribution < 1.29 is 49.5 Å². The van der Waals surface area contributed by atoms with E-state index in [0.717, 1.165) is 64.7 Å². The highest BCUT2D eigenvalue weighted by atomic mass is 35.5. The Morgan fingerprint density at radius 1 is 0.573 bits per heavy atom. The lowest BCUT2D eigenvalue weighted by molar-refractivity contribution is 0.120. The molecule has 2 amide bonds. The maximum absolute atomic E-state index is 14.6. The molecule has 6 aromatic rings. The largest absolute Gasteiger partial charge is 0.446 e. The van der Waals surface area contributed by atoms with E-state index in [9.17, 15) is 35.9 Å². The highest BCUT2D eigenvalue weighted by Gasteiger charge is 2.52. The van der Waals surface area contributed by atoms with Gasteiger partial charge in [0.05, 0.1) is 25.3 Å². The molecule has 17 heteroatoms. The van der Waals surface area contributed by atoms with Crippen molar-refractivity contribution in [1.29, 1.82) is 0 Å². The smallest absolute Gasteiger partial charge is 0.411 e. The van der Waals surface area contributed by atoms with Crippen LogP contribution in [0.15, 0.2) is 164 Å². The number of benzene rings is 6. The predicted octanol–water partition coefficient (Wildman–Crippen LogP) is 16.5. The number of carbonyl (C=O) groups is 2. The molecule has 0 spiro atoms. The minimum atomic E-state index is -2.18. The molecule has 8 nitrogen and oxygen atoms in total. The predicted molar refractivity (Wildman–Crippen MR) is 318 cm³/mol. The van der Waals surface area contributed by atoms with Crippen LogP contribution in [-0.4, -0.2) is 77.3 Å². The Balaban J connectivity index is 0.000000163. The number of cyclic esters (lactones) is 1. The SMILES string of the molecule is CC(C)(C)[Si](C)(C)OC[C@@]1(c2ccccc2)C=C(c2cc(F)ccc2F)CN1.CC(C)(C)[Si](C)(C)OC[C@@]1(c2ccccc2)C=C(c2cc(F)ccc2F)CN1C(=O)Cl.O=C1OCC2(c3ccccc3)C=C(c3cc(F)ccc3F)CN12. The zero-order valence-corrected chi connectivity index (χ0v) is 50.7. The van der Waals surface area contributed by atoms with E-state index >= 15 is 0 Å². The molecule has 432 valence electrons. The van der Waals surface area contributed by atoms with Gasteiger partial charge in [0, 0.05) is 29.8 Å². The monoisotopic (exact) mass is 1180 g/mol. The maximum atomic E-state index is 14.6. The summed E-state index contributed by atoms with van der Waals surface area (Å²) in [4.78, 5) is 27.6. The van der Waals surface area contributed by atoms with Crippen LogP contribution in [0.5, 0.6) is 0 Å². The third-order valence-electron chi connectivity index (χ3n) is 16.9. The molecule has 4 aliphatic rings. The third-order valence-corrected chi connectivity index (χ3v) is 26.1. The number of hydrogen-bond donors (Lipinski definition) is 1. The van der Waals surface area contributed by atoms with Crippen LogP contribution < -0.4 is 5.32 Å². The number of carbonyl (C=O) groups excluding carboxylic acids is 2. The van der Waals surface area contributed by atoms with E-state index in [-0.39, 0.29) is 47.5 Å². The molecular formula is C65H70ClF6N3O5Si2. The molecule has 1 fully saturated rings. The molecule has 0 aliphatic carbocycles. The number of amides is 2. The summed E-state index contributed by atoms with van der Waals surface area (Å²) in [6, 6.07) is 39.1. The fourth-order valence-electron chi connectivity index (χ4n) is 9.98. The number of fused-ring (bicyclic) bond motifs is 1. The second-order valence-corrected chi connectivity index (χ2v) is 34.2. The molecule has 4 heterocycles. The van der Waals surface area contributed by atoms with Gasteiger partial charge < -0.3 is 18.5 Å². The first kappa shape index (κ1) is 61.5. The quantitative estimate of drug-likeness (QED) is 0.0569. The molecule has 1 unspecified atom stereocenters. The van der Waals surface area contributed by atoms with Crippen LogP contribution in [0.1, 0.15) is 74.9 Å². The van der Waals surface area contributed by atoms with Gasteiger partial charge in [-0.15, -0.1) is 0 Å². The van der Waals surface area contributed by atoms with Gasteiger partial charge in [0.25, 0.3) is 0 Å². The molecule has 6 aromatic carbocycles. The van der Waals surface area contributed by atoms with Crippen LogP contribution in [0.4, 0.5) is 35.9 Å². The number of nitrogens with zero attached hydrogens (tertiary/aromatic N) is 2. The summed E-state index contributed by atoms with van der Waals surface area (Å²) >= 11 is 6.02.